The van der Waals surface area contributed by atoms with Gasteiger partial charge in [0.2, 0.25) is 0 Å². The first-order valence-corrected chi connectivity index (χ1v) is 6.90. The highest BCUT2D eigenvalue weighted by molar-refractivity contribution is 5.82. The summed E-state index contributed by atoms with van der Waals surface area (Å²) in [6.07, 6.45) is 2.08. The van der Waals surface area contributed by atoms with Crippen molar-refractivity contribution in [3.8, 4) is 0 Å². The van der Waals surface area contributed by atoms with Crippen LogP contribution >= 0.6 is 0 Å². The van der Waals surface area contributed by atoms with E-state index in [0.29, 0.717) is 0 Å². The Bertz CT molecular complexity index is 731. The van der Waals surface area contributed by atoms with Crippen LogP contribution in [0.2, 0.25) is 0 Å². The molecule has 1 N–H and O–H groups in total. The summed E-state index contributed by atoms with van der Waals surface area (Å²) in [5.74, 6) is 0. The number of nitrogens with zero attached hydrogens (tertiary/aromatic N) is 1. The normalized spacial score (nSPS) is 12.5. The molecular formula is C18H17NO. The number of pyridine rings is 1. The maximum absolute atomic E-state index is 10.8. The molecule has 0 spiro atoms. The Morgan fingerprint density at radius 3 is 2.60 bits per heavy atom. The molecular weight excluding hydrogens is 246 g/mol. The van der Waals surface area contributed by atoms with Crippen LogP contribution in [0, 0.1) is 0 Å². The van der Waals surface area contributed by atoms with Crippen LogP contribution in [-0.4, -0.2) is 10.1 Å². The molecule has 0 bridgehead atoms. The van der Waals surface area contributed by atoms with Crippen LogP contribution in [0.5, 0.6) is 0 Å². The molecule has 0 aliphatic carbocycles. The average Bonchev–Trinajstić information content (AvgIpc) is 2.53. The molecule has 20 heavy (non-hydrogen) atoms. The zero-order valence-electron chi connectivity index (χ0n) is 11.5. The van der Waals surface area contributed by atoms with E-state index < -0.39 is 6.10 Å². The summed E-state index contributed by atoms with van der Waals surface area (Å²) in [7, 11) is 0. The lowest BCUT2D eigenvalue weighted by Crippen LogP contribution is -2.04. The smallest absolute Gasteiger partial charge is 0.105 e. The minimum Gasteiger partial charge on any atom is -0.384 e. The monoisotopic (exact) mass is 263 g/mol. The fourth-order valence-corrected chi connectivity index (χ4v) is 2.66. The third kappa shape index (κ3) is 2.19. The lowest BCUT2D eigenvalue weighted by molar-refractivity contribution is 0.221. The molecule has 3 aromatic rings. The highest BCUT2D eigenvalue weighted by atomic mass is 16.3. The van der Waals surface area contributed by atoms with E-state index in [0.717, 1.165) is 28.5 Å². The third-order valence-corrected chi connectivity index (χ3v) is 3.70. The van der Waals surface area contributed by atoms with Crippen molar-refractivity contribution in [2.75, 3.05) is 0 Å². The average molecular weight is 263 g/mol. The van der Waals surface area contributed by atoms with Crippen LogP contribution < -0.4 is 0 Å². The molecule has 1 unspecified atom stereocenters. The van der Waals surface area contributed by atoms with Crippen molar-refractivity contribution in [2.45, 2.75) is 19.4 Å². The molecule has 100 valence electrons. The van der Waals surface area contributed by atoms with Gasteiger partial charge in [-0.25, -0.2) is 0 Å². The van der Waals surface area contributed by atoms with E-state index in [9.17, 15) is 5.11 Å². The Morgan fingerprint density at radius 1 is 0.950 bits per heavy atom. The summed E-state index contributed by atoms with van der Waals surface area (Å²) in [5.41, 5.74) is 3.99. The van der Waals surface area contributed by atoms with Crippen molar-refractivity contribution in [1.29, 1.82) is 0 Å². The predicted octanol–water partition coefficient (Wildman–Crippen LogP) is 3.88. The Kier molecular flexibility index (Phi) is 3.48. The van der Waals surface area contributed by atoms with Crippen molar-refractivity contribution >= 4 is 10.9 Å². The summed E-state index contributed by atoms with van der Waals surface area (Å²) in [6, 6.07) is 17.9. The number of fused-ring (bicyclic) bond motifs is 1. The standard InChI is InChI=1S/C18H17NO/c1-2-13-7-3-4-8-14(13)18(20)16-9-5-11-17-15(16)10-6-12-19-17/h3-12,18,20H,2H2,1H3. The van der Waals surface area contributed by atoms with Crippen LogP contribution in [0.1, 0.15) is 29.7 Å². The molecule has 2 aromatic carbocycles. The summed E-state index contributed by atoms with van der Waals surface area (Å²) < 4.78 is 0. The van der Waals surface area contributed by atoms with Gasteiger partial charge in [-0.2, -0.15) is 0 Å². The van der Waals surface area contributed by atoms with Gasteiger partial charge in [0.05, 0.1) is 5.52 Å². The molecule has 3 rings (SSSR count). The molecule has 0 saturated carbocycles. The molecule has 1 atom stereocenters. The molecule has 0 aliphatic rings. The second-order valence-electron chi connectivity index (χ2n) is 4.87. The zero-order chi connectivity index (χ0) is 13.9. The number of hydrogen-bond donors (Lipinski definition) is 1. The molecule has 0 saturated heterocycles. The third-order valence-electron chi connectivity index (χ3n) is 3.70. The highest BCUT2D eigenvalue weighted by Gasteiger charge is 2.15. The van der Waals surface area contributed by atoms with Crippen molar-refractivity contribution in [2.24, 2.45) is 0 Å². The predicted molar refractivity (Wildman–Crippen MR) is 81.6 cm³/mol. The van der Waals surface area contributed by atoms with E-state index in [1.165, 1.54) is 5.56 Å². The van der Waals surface area contributed by atoms with E-state index >= 15 is 0 Å². The second kappa shape index (κ2) is 5.43. The van der Waals surface area contributed by atoms with E-state index in [2.05, 4.69) is 18.0 Å². The summed E-state index contributed by atoms with van der Waals surface area (Å²) in [6.45, 7) is 2.11. The lowest BCUT2D eigenvalue weighted by atomic mass is 9.93. The van der Waals surface area contributed by atoms with Gasteiger partial charge >= 0.3 is 0 Å². The SMILES string of the molecule is CCc1ccccc1C(O)c1cccc2ncccc12. The number of rotatable bonds is 3. The first kappa shape index (κ1) is 12.8. The Labute approximate surface area is 118 Å². The fraction of sp³-hybridized carbons (Fsp3) is 0.167. The van der Waals surface area contributed by atoms with Crippen molar-refractivity contribution in [3.63, 3.8) is 0 Å². The topological polar surface area (TPSA) is 33.1 Å². The quantitative estimate of drug-likeness (QED) is 0.778. The molecule has 0 amide bonds. The summed E-state index contributed by atoms with van der Waals surface area (Å²) in [4.78, 5) is 4.35. The van der Waals surface area contributed by atoms with Crippen LogP contribution in [0.4, 0.5) is 0 Å². The van der Waals surface area contributed by atoms with Gasteiger partial charge in [-0.3, -0.25) is 4.98 Å². The van der Waals surface area contributed by atoms with Gasteiger partial charge in [0, 0.05) is 11.6 Å². The fourth-order valence-electron chi connectivity index (χ4n) is 2.66. The van der Waals surface area contributed by atoms with E-state index in [1.54, 1.807) is 6.20 Å². The number of aromatic nitrogens is 1. The van der Waals surface area contributed by atoms with Crippen molar-refractivity contribution in [3.05, 3.63) is 77.5 Å². The van der Waals surface area contributed by atoms with Crippen LogP contribution in [-0.2, 0) is 6.42 Å². The largest absolute Gasteiger partial charge is 0.384 e. The Balaban J connectivity index is 2.15. The number of aryl methyl sites for hydroxylation is 1. The highest BCUT2D eigenvalue weighted by Crippen LogP contribution is 2.30. The first-order valence-electron chi connectivity index (χ1n) is 6.90. The van der Waals surface area contributed by atoms with Gasteiger partial charge in [0.1, 0.15) is 6.10 Å². The molecule has 0 radical (unpaired) electrons. The summed E-state index contributed by atoms with van der Waals surface area (Å²) in [5, 5.41) is 11.8. The number of benzene rings is 2. The number of aliphatic hydroxyl groups is 1. The van der Waals surface area contributed by atoms with Crippen molar-refractivity contribution in [1.82, 2.24) is 4.98 Å². The Hall–Kier alpha value is -2.19. The Morgan fingerprint density at radius 2 is 1.75 bits per heavy atom. The minimum atomic E-state index is -0.612. The van der Waals surface area contributed by atoms with Gasteiger partial charge in [0.25, 0.3) is 0 Å². The molecule has 1 heterocycles. The maximum atomic E-state index is 10.8. The van der Waals surface area contributed by atoms with Crippen LogP contribution in [0.3, 0.4) is 0 Å². The summed E-state index contributed by atoms with van der Waals surface area (Å²) >= 11 is 0. The van der Waals surface area contributed by atoms with Crippen LogP contribution in [0.15, 0.2) is 60.8 Å². The van der Waals surface area contributed by atoms with Crippen LogP contribution in [0.25, 0.3) is 10.9 Å². The van der Waals surface area contributed by atoms with Gasteiger partial charge in [0.15, 0.2) is 0 Å². The lowest BCUT2D eigenvalue weighted by Gasteiger charge is -2.17. The minimum absolute atomic E-state index is 0.612. The van der Waals surface area contributed by atoms with E-state index in [4.69, 9.17) is 0 Å². The first-order chi connectivity index (χ1) is 9.81. The van der Waals surface area contributed by atoms with Gasteiger partial charge in [-0.05, 0) is 35.2 Å². The number of hydrogen-bond acceptors (Lipinski definition) is 2. The second-order valence-corrected chi connectivity index (χ2v) is 4.87. The van der Waals surface area contributed by atoms with Crippen molar-refractivity contribution < 1.29 is 5.11 Å². The van der Waals surface area contributed by atoms with E-state index in [1.807, 2.05) is 48.5 Å². The maximum Gasteiger partial charge on any atom is 0.105 e. The van der Waals surface area contributed by atoms with E-state index in [-0.39, 0.29) is 0 Å². The molecule has 2 nitrogen and oxygen atoms in total. The molecule has 1 aromatic heterocycles. The van der Waals surface area contributed by atoms with Gasteiger partial charge in [-0.1, -0.05) is 49.4 Å². The molecule has 2 heteroatoms. The molecule has 0 aliphatic heterocycles. The molecule has 0 fully saturated rings. The van der Waals surface area contributed by atoms with Gasteiger partial charge < -0.3 is 5.11 Å². The van der Waals surface area contributed by atoms with Gasteiger partial charge in [-0.15, -0.1) is 0 Å². The zero-order valence-corrected chi connectivity index (χ0v) is 11.5. The number of aliphatic hydroxyl groups excluding tert-OH is 1.